The Morgan fingerprint density at radius 3 is 2.58 bits per heavy atom. The van der Waals surface area contributed by atoms with Gasteiger partial charge in [0.05, 0.1) is 18.8 Å². The maximum atomic E-state index is 12.0. The summed E-state index contributed by atoms with van der Waals surface area (Å²) in [5, 5.41) is 3.04. The highest BCUT2D eigenvalue weighted by Gasteiger charge is 2.40. The Morgan fingerprint density at radius 2 is 2.00 bits per heavy atom. The highest BCUT2D eigenvalue weighted by molar-refractivity contribution is 5.94. The zero-order valence-corrected chi connectivity index (χ0v) is 11.1. The first-order valence-corrected chi connectivity index (χ1v) is 6.81. The van der Waals surface area contributed by atoms with Gasteiger partial charge in [0.15, 0.2) is 5.79 Å². The predicted octanol–water partition coefficient (Wildman–Crippen LogP) is 2.00. The van der Waals surface area contributed by atoms with Gasteiger partial charge in [-0.25, -0.2) is 0 Å². The largest absolute Gasteiger partial charge is 0.469 e. The van der Waals surface area contributed by atoms with Crippen LogP contribution in [0.1, 0.15) is 41.8 Å². The van der Waals surface area contributed by atoms with Gasteiger partial charge in [-0.15, -0.1) is 0 Å². The lowest BCUT2D eigenvalue weighted by Crippen LogP contribution is -2.43. The van der Waals surface area contributed by atoms with E-state index < -0.39 is 0 Å². The van der Waals surface area contributed by atoms with E-state index in [2.05, 4.69) is 5.32 Å². The predicted molar refractivity (Wildman–Crippen MR) is 67.8 cm³/mol. The number of hydrogen-bond donors (Lipinski definition) is 1. The first-order chi connectivity index (χ1) is 9.17. The molecule has 0 aromatic carbocycles. The van der Waals surface area contributed by atoms with Crippen molar-refractivity contribution in [2.24, 2.45) is 0 Å². The van der Waals surface area contributed by atoms with E-state index >= 15 is 0 Å². The van der Waals surface area contributed by atoms with Crippen LogP contribution in [0.25, 0.3) is 0 Å². The van der Waals surface area contributed by atoms with Gasteiger partial charge in [-0.2, -0.15) is 0 Å². The summed E-state index contributed by atoms with van der Waals surface area (Å²) in [5.41, 5.74) is 0.589. The Balaban J connectivity index is 1.53. The number of aryl methyl sites for hydroxylation is 1. The van der Waals surface area contributed by atoms with Gasteiger partial charge in [0.25, 0.3) is 5.91 Å². The number of carbonyl (C=O) groups excluding carboxylic acids is 1. The van der Waals surface area contributed by atoms with Crippen molar-refractivity contribution in [2.75, 3.05) is 13.2 Å². The van der Waals surface area contributed by atoms with Crippen molar-refractivity contribution in [3.63, 3.8) is 0 Å². The van der Waals surface area contributed by atoms with Gasteiger partial charge in [0, 0.05) is 18.9 Å². The Kier molecular flexibility index (Phi) is 3.33. The fourth-order valence-electron chi connectivity index (χ4n) is 2.82. The molecule has 19 heavy (non-hydrogen) atoms. The molecule has 0 unspecified atom stereocenters. The van der Waals surface area contributed by atoms with E-state index in [-0.39, 0.29) is 17.7 Å². The van der Waals surface area contributed by atoms with Crippen LogP contribution >= 0.6 is 0 Å². The van der Waals surface area contributed by atoms with Crippen molar-refractivity contribution in [1.82, 2.24) is 5.32 Å². The molecule has 1 aliphatic carbocycles. The average molecular weight is 265 g/mol. The molecule has 2 heterocycles. The molecule has 1 aromatic heterocycles. The molecular weight excluding hydrogens is 246 g/mol. The van der Waals surface area contributed by atoms with Gasteiger partial charge < -0.3 is 19.2 Å². The minimum Gasteiger partial charge on any atom is -0.469 e. The van der Waals surface area contributed by atoms with Crippen molar-refractivity contribution in [1.29, 1.82) is 0 Å². The smallest absolute Gasteiger partial charge is 0.254 e. The monoisotopic (exact) mass is 265 g/mol. The molecule has 1 spiro atoms. The molecule has 1 saturated heterocycles. The average Bonchev–Trinajstić information content (AvgIpc) is 3.02. The summed E-state index contributed by atoms with van der Waals surface area (Å²) in [6.45, 7) is 3.20. The van der Waals surface area contributed by atoms with Crippen LogP contribution in [-0.4, -0.2) is 30.9 Å². The van der Waals surface area contributed by atoms with Crippen LogP contribution < -0.4 is 5.32 Å². The molecule has 2 aliphatic rings. The number of nitrogens with one attached hydrogen (secondary N) is 1. The van der Waals surface area contributed by atoms with E-state index in [0.717, 1.165) is 31.4 Å². The highest BCUT2D eigenvalue weighted by Crippen LogP contribution is 2.35. The minimum atomic E-state index is -0.368. The summed E-state index contributed by atoms with van der Waals surface area (Å²) in [5.74, 6) is 0.319. The summed E-state index contributed by atoms with van der Waals surface area (Å²) in [6, 6.07) is 1.95. The molecule has 104 valence electrons. The number of carbonyl (C=O) groups is 1. The van der Waals surface area contributed by atoms with Crippen LogP contribution in [0.2, 0.25) is 0 Å². The van der Waals surface area contributed by atoms with Gasteiger partial charge in [-0.1, -0.05) is 0 Å². The molecule has 2 fully saturated rings. The first kappa shape index (κ1) is 12.7. The summed E-state index contributed by atoms with van der Waals surface area (Å²) in [6.07, 6.45) is 4.98. The highest BCUT2D eigenvalue weighted by atomic mass is 16.7. The summed E-state index contributed by atoms with van der Waals surface area (Å²) < 4.78 is 16.5. The first-order valence-electron chi connectivity index (χ1n) is 6.81. The topological polar surface area (TPSA) is 60.7 Å². The van der Waals surface area contributed by atoms with E-state index in [9.17, 15) is 4.79 Å². The number of furan rings is 1. The molecule has 1 aliphatic heterocycles. The summed E-state index contributed by atoms with van der Waals surface area (Å²) in [4.78, 5) is 12.0. The van der Waals surface area contributed by atoms with E-state index in [4.69, 9.17) is 13.9 Å². The van der Waals surface area contributed by atoms with Crippen LogP contribution in [0.3, 0.4) is 0 Å². The van der Waals surface area contributed by atoms with Gasteiger partial charge in [-0.05, 0) is 25.8 Å². The lowest BCUT2D eigenvalue weighted by atomic mass is 9.90. The van der Waals surface area contributed by atoms with Crippen molar-refractivity contribution in [3.05, 3.63) is 23.7 Å². The van der Waals surface area contributed by atoms with Crippen LogP contribution in [0, 0.1) is 6.92 Å². The number of rotatable bonds is 2. The second kappa shape index (κ2) is 4.98. The number of ether oxygens (including phenoxy) is 2. The lowest BCUT2D eigenvalue weighted by molar-refractivity contribution is -0.179. The third-order valence-corrected chi connectivity index (χ3v) is 3.89. The Morgan fingerprint density at radius 1 is 1.32 bits per heavy atom. The van der Waals surface area contributed by atoms with E-state index in [1.165, 1.54) is 6.26 Å². The van der Waals surface area contributed by atoms with Crippen LogP contribution in [0.4, 0.5) is 0 Å². The van der Waals surface area contributed by atoms with Gasteiger partial charge in [0.2, 0.25) is 0 Å². The zero-order valence-electron chi connectivity index (χ0n) is 11.1. The Hall–Kier alpha value is -1.33. The van der Waals surface area contributed by atoms with E-state index in [1.54, 1.807) is 6.07 Å². The normalized spacial score (nSPS) is 22.8. The van der Waals surface area contributed by atoms with Crippen LogP contribution in [-0.2, 0) is 9.47 Å². The fraction of sp³-hybridized carbons (Fsp3) is 0.643. The molecular formula is C14H19NO4. The quantitative estimate of drug-likeness (QED) is 0.888. The van der Waals surface area contributed by atoms with Crippen molar-refractivity contribution in [3.8, 4) is 0 Å². The summed E-state index contributed by atoms with van der Waals surface area (Å²) in [7, 11) is 0. The number of hydrogen-bond acceptors (Lipinski definition) is 4. The SMILES string of the molecule is Cc1cc(C(=O)NC2CCC3(CC2)OCCO3)co1. The standard InChI is InChI=1S/C14H19NO4/c1-10-8-11(9-17-10)13(16)15-12-2-4-14(5-3-12)18-6-7-19-14/h8-9,12H,2-7H2,1H3,(H,15,16). The minimum absolute atomic E-state index is 0.0638. The molecule has 0 bridgehead atoms. The third kappa shape index (κ3) is 2.67. The molecule has 1 N–H and O–H groups in total. The maximum absolute atomic E-state index is 12.0. The van der Waals surface area contributed by atoms with E-state index in [1.807, 2.05) is 6.92 Å². The van der Waals surface area contributed by atoms with Crippen molar-refractivity contribution in [2.45, 2.75) is 44.4 Å². The molecule has 5 nitrogen and oxygen atoms in total. The Labute approximate surface area is 112 Å². The fourth-order valence-corrected chi connectivity index (χ4v) is 2.82. The van der Waals surface area contributed by atoms with Crippen LogP contribution in [0.5, 0.6) is 0 Å². The van der Waals surface area contributed by atoms with Crippen molar-refractivity contribution >= 4 is 5.91 Å². The lowest BCUT2D eigenvalue weighted by Gasteiger charge is -2.35. The molecule has 3 rings (SSSR count). The second-order valence-electron chi connectivity index (χ2n) is 5.30. The zero-order chi connectivity index (χ0) is 13.3. The van der Waals surface area contributed by atoms with Crippen molar-refractivity contribution < 1.29 is 18.7 Å². The number of amides is 1. The van der Waals surface area contributed by atoms with Crippen LogP contribution in [0.15, 0.2) is 16.7 Å². The molecule has 0 radical (unpaired) electrons. The van der Waals surface area contributed by atoms with Gasteiger partial charge in [-0.3, -0.25) is 4.79 Å². The van der Waals surface area contributed by atoms with E-state index in [0.29, 0.717) is 18.8 Å². The molecule has 5 heteroatoms. The summed E-state index contributed by atoms with van der Waals surface area (Å²) >= 11 is 0. The molecule has 1 amide bonds. The second-order valence-corrected chi connectivity index (χ2v) is 5.30. The Bertz CT molecular complexity index is 452. The molecule has 1 aromatic rings. The molecule has 0 atom stereocenters. The van der Waals surface area contributed by atoms with Gasteiger partial charge in [0.1, 0.15) is 12.0 Å². The third-order valence-electron chi connectivity index (χ3n) is 3.89. The molecule has 1 saturated carbocycles. The van der Waals surface area contributed by atoms with Gasteiger partial charge >= 0.3 is 0 Å². The maximum Gasteiger partial charge on any atom is 0.254 e.